The summed E-state index contributed by atoms with van der Waals surface area (Å²) in [7, 11) is 1.86. The summed E-state index contributed by atoms with van der Waals surface area (Å²) in [6.07, 6.45) is 0. The summed E-state index contributed by atoms with van der Waals surface area (Å²) < 4.78 is 0. The average Bonchev–Trinajstić information content (AvgIpc) is 2.75. The molecule has 0 amide bonds. The van der Waals surface area contributed by atoms with Crippen LogP contribution in [-0.4, -0.2) is 17.0 Å². The maximum atomic E-state index is 4.32. The Bertz CT molecular complexity index is 352. The van der Waals surface area contributed by atoms with Gasteiger partial charge in [0.05, 0.1) is 5.51 Å². The number of hydrogen-bond donors (Lipinski definition) is 1. The summed E-state index contributed by atoms with van der Waals surface area (Å²) in [4.78, 5) is 8.49. The van der Waals surface area contributed by atoms with E-state index in [-0.39, 0.29) is 0 Å². The van der Waals surface area contributed by atoms with Gasteiger partial charge in [0.25, 0.3) is 0 Å². The maximum absolute atomic E-state index is 4.32. The Hall–Kier alpha value is -0.940. The monoisotopic (exact) mass is 197 g/mol. The van der Waals surface area contributed by atoms with E-state index in [4.69, 9.17) is 0 Å². The van der Waals surface area contributed by atoms with Crippen LogP contribution in [0.2, 0.25) is 0 Å². The van der Waals surface area contributed by atoms with Crippen LogP contribution in [0.25, 0.3) is 11.4 Å². The molecule has 2 aromatic heterocycles. The molecule has 0 atom stereocenters. The van der Waals surface area contributed by atoms with Gasteiger partial charge in [-0.05, 0) is 0 Å². The first-order valence-electron chi connectivity index (χ1n) is 3.42. The van der Waals surface area contributed by atoms with Gasteiger partial charge in [-0.2, -0.15) is 0 Å². The van der Waals surface area contributed by atoms with Crippen LogP contribution in [0.5, 0.6) is 0 Å². The second-order valence-electron chi connectivity index (χ2n) is 2.16. The van der Waals surface area contributed by atoms with Crippen LogP contribution in [0.15, 0.2) is 16.3 Å². The van der Waals surface area contributed by atoms with Gasteiger partial charge in [-0.1, -0.05) is 0 Å². The number of hydrogen-bond acceptors (Lipinski definition) is 5. The van der Waals surface area contributed by atoms with Gasteiger partial charge in [-0.25, -0.2) is 9.97 Å². The third kappa shape index (κ3) is 1.33. The topological polar surface area (TPSA) is 37.8 Å². The fraction of sp³-hybridized carbons (Fsp3) is 0.143. The lowest BCUT2D eigenvalue weighted by Crippen LogP contribution is -1.85. The minimum absolute atomic E-state index is 0.929. The van der Waals surface area contributed by atoms with Crippen LogP contribution < -0.4 is 5.32 Å². The van der Waals surface area contributed by atoms with E-state index in [1.807, 2.05) is 23.3 Å². The van der Waals surface area contributed by atoms with Gasteiger partial charge in [-0.15, -0.1) is 22.7 Å². The van der Waals surface area contributed by atoms with E-state index >= 15 is 0 Å². The number of anilines is 1. The van der Waals surface area contributed by atoms with Crippen LogP contribution in [-0.2, 0) is 0 Å². The van der Waals surface area contributed by atoms with Crippen molar-refractivity contribution in [3.63, 3.8) is 0 Å². The highest BCUT2D eigenvalue weighted by molar-refractivity contribution is 7.14. The summed E-state index contributed by atoms with van der Waals surface area (Å²) >= 11 is 3.17. The van der Waals surface area contributed by atoms with E-state index in [0.29, 0.717) is 0 Å². The molecule has 0 aliphatic rings. The van der Waals surface area contributed by atoms with Crippen LogP contribution in [0.1, 0.15) is 0 Å². The van der Waals surface area contributed by atoms with E-state index in [0.717, 1.165) is 16.5 Å². The Morgan fingerprint density at radius 3 is 2.83 bits per heavy atom. The molecule has 0 unspecified atom stereocenters. The predicted octanol–water partition coefficient (Wildman–Crippen LogP) is 2.31. The Kier molecular flexibility index (Phi) is 2.05. The molecule has 0 saturated carbocycles. The molecule has 0 radical (unpaired) electrons. The maximum Gasteiger partial charge on any atom is 0.183 e. The number of nitrogens with zero attached hydrogens (tertiary/aromatic N) is 2. The minimum atomic E-state index is 0.929. The van der Waals surface area contributed by atoms with Crippen molar-refractivity contribution in [2.75, 3.05) is 12.4 Å². The van der Waals surface area contributed by atoms with E-state index in [1.54, 1.807) is 22.7 Å². The van der Waals surface area contributed by atoms with Gasteiger partial charge < -0.3 is 5.32 Å². The fourth-order valence-corrected chi connectivity index (χ4v) is 2.06. The van der Waals surface area contributed by atoms with Crippen molar-refractivity contribution in [2.45, 2.75) is 0 Å². The van der Waals surface area contributed by atoms with E-state index in [9.17, 15) is 0 Å². The van der Waals surface area contributed by atoms with Crippen LogP contribution in [0, 0.1) is 0 Å². The lowest BCUT2D eigenvalue weighted by Gasteiger charge is -1.88. The number of rotatable bonds is 2. The Morgan fingerprint density at radius 1 is 1.33 bits per heavy atom. The van der Waals surface area contributed by atoms with Gasteiger partial charge in [0.15, 0.2) is 5.13 Å². The zero-order chi connectivity index (χ0) is 8.39. The molecule has 2 heterocycles. The first-order valence-corrected chi connectivity index (χ1v) is 5.24. The third-order valence-electron chi connectivity index (χ3n) is 1.41. The average molecular weight is 197 g/mol. The number of thiazole rings is 2. The molecule has 0 bridgehead atoms. The highest BCUT2D eigenvalue weighted by atomic mass is 32.1. The van der Waals surface area contributed by atoms with Crippen molar-refractivity contribution in [1.82, 2.24) is 9.97 Å². The van der Waals surface area contributed by atoms with Gasteiger partial charge in [0.1, 0.15) is 11.4 Å². The molecule has 2 aromatic rings. The first kappa shape index (κ1) is 7.70. The highest BCUT2D eigenvalue weighted by Gasteiger charge is 2.03. The largest absolute Gasteiger partial charge is 0.365 e. The van der Waals surface area contributed by atoms with Crippen molar-refractivity contribution in [2.24, 2.45) is 0 Å². The Balaban J connectivity index is 2.35. The molecule has 3 nitrogen and oxygen atoms in total. The van der Waals surface area contributed by atoms with Gasteiger partial charge in [0, 0.05) is 17.8 Å². The number of nitrogens with one attached hydrogen (secondary N) is 1. The molecule has 0 aromatic carbocycles. The number of aromatic nitrogens is 2. The smallest absolute Gasteiger partial charge is 0.183 e. The molecule has 0 aliphatic heterocycles. The van der Waals surface area contributed by atoms with Gasteiger partial charge in [-0.3, -0.25) is 0 Å². The molecule has 2 rings (SSSR count). The van der Waals surface area contributed by atoms with Crippen molar-refractivity contribution < 1.29 is 0 Å². The standard InChI is InChI=1S/C7H7N3S2/c1-8-7-10-6(3-12-7)5-2-11-4-9-5/h2-4H,1H3,(H,8,10). The van der Waals surface area contributed by atoms with Crippen molar-refractivity contribution in [1.29, 1.82) is 0 Å². The second-order valence-corrected chi connectivity index (χ2v) is 3.74. The lowest BCUT2D eigenvalue weighted by atomic mass is 10.4. The molecular formula is C7H7N3S2. The lowest BCUT2D eigenvalue weighted by molar-refractivity contribution is 1.31. The van der Waals surface area contributed by atoms with Crippen molar-refractivity contribution >= 4 is 27.8 Å². The molecule has 5 heteroatoms. The van der Waals surface area contributed by atoms with Crippen molar-refractivity contribution in [3.05, 3.63) is 16.3 Å². The quantitative estimate of drug-likeness (QED) is 0.802. The van der Waals surface area contributed by atoms with E-state index in [2.05, 4.69) is 15.3 Å². The normalized spacial score (nSPS) is 10.1. The molecule has 0 spiro atoms. The van der Waals surface area contributed by atoms with Gasteiger partial charge >= 0.3 is 0 Å². The van der Waals surface area contributed by atoms with Crippen LogP contribution in [0.3, 0.4) is 0 Å². The van der Waals surface area contributed by atoms with Gasteiger partial charge in [0.2, 0.25) is 0 Å². The molecule has 0 aliphatic carbocycles. The molecule has 12 heavy (non-hydrogen) atoms. The SMILES string of the molecule is CNc1nc(-c2cscn2)cs1. The zero-order valence-corrected chi connectivity index (χ0v) is 8.08. The molecule has 0 fully saturated rings. The summed E-state index contributed by atoms with van der Waals surface area (Å²) in [6.45, 7) is 0. The summed E-state index contributed by atoms with van der Waals surface area (Å²) in [5.74, 6) is 0. The van der Waals surface area contributed by atoms with Crippen LogP contribution >= 0.6 is 22.7 Å². The predicted molar refractivity (Wildman–Crippen MR) is 52.8 cm³/mol. The zero-order valence-electron chi connectivity index (χ0n) is 6.44. The molecule has 1 N–H and O–H groups in total. The molecule has 62 valence electrons. The summed E-state index contributed by atoms with van der Waals surface area (Å²) in [5.41, 5.74) is 3.72. The summed E-state index contributed by atoms with van der Waals surface area (Å²) in [5, 5.41) is 7.92. The minimum Gasteiger partial charge on any atom is -0.365 e. The van der Waals surface area contributed by atoms with Crippen LogP contribution in [0.4, 0.5) is 5.13 Å². The molecule has 0 saturated heterocycles. The summed E-state index contributed by atoms with van der Waals surface area (Å²) in [6, 6.07) is 0. The third-order valence-corrected chi connectivity index (χ3v) is 2.86. The second kappa shape index (κ2) is 3.20. The highest BCUT2D eigenvalue weighted by Crippen LogP contribution is 2.23. The van der Waals surface area contributed by atoms with E-state index in [1.165, 1.54) is 0 Å². The fourth-order valence-electron chi connectivity index (χ4n) is 0.845. The molecular weight excluding hydrogens is 190 g/mol. The first-order chi connectivity index (χ1) is 5.90. The Labute approximate surface area is 78.1 Å². The van der Waals surface area contributed by atoms with E-state index < -0.39 is 0 Å². The van der Waals surface area contributed by atoms with Crippen molar-refractivity contribution in [3.8, 4) is 11.4 Å². The Morgan fingerprint density at radius 2 is 2.25 bits per heavy atom.